The zero-order chi connectivity index (χ0) is 18.1. The third-order valence-corrected chi connectivity index (χ3v) is 6.15. The monoisotopic (exact) mass is 347 g/mol. The van der Waals surface area contributed by atoms with Gasteiger partial charge in [0.05, 0.1) is 12.0 Å². The highest BCUT2D eigenvalue weighted by molar-refractivity contribution is 7.89. The van der Waals surface area contributed by atoms with Gasteiger partial charge in [0.2, 0.25) is 10.0 Å². The van der Waals surface area contributed by atoms with E-state index in [1.54, 1.807) is 33.1 Å². The summed E-state index contributed by atoms with van der Waals surface area (Å²) in [6, 6.07) is 9.17. The Morgan fingerprint density at radius 3 is 2.00 bits per heavy atom. The summed E-state index contributed by atoms with van der Waals surface area (Å²) >= 11 is 0. The van der Waals surface area contributed by atoms with E-state index in [0.717, 1.165) is 11.1 Å². The molecule has 1 atom stereocenters. The Bertz CT molecular complexity index is 834. The fourth-order valence-corrected chi connectivity index (χ4v) is 4.53. The van der Waals surface area contributed by atoms with Crippen molar-refractivity contribution in [2.24, 2.45) is 0 Å². The molecule has 0 bridgehead atoms. The first-order chi connectivity index (χ1) is 11.2. The first kappa shape index (κ1) is 18.5. The summed E-state index contributed by atoms with van der Waals surface area (Å²) in [5.41, 5.74) is 4.63. The van der Waals surface area contributed by atoms with E-state index in [2.05, 4.69) is 4.72 Å². The third kappa shape index (κ3) is 3.79. The molecule has 130 valence electrons. The van der Waals surface area contributed by atoms with Gasteiger partial charge in [0.25, 0.3) is 0 Å². The van der Waals surface area contributed by atoms with Crippen molar-refractivity contribution in [3.63, 3.8) is 0 Å². The van der Waals surface area contributed by atoms with Crippen molar-refractivity contribution >= 4 is 10.0 Å². The second-order valence-corrected chi connectivity index (χ2v) is 7.93. The second kappa shape index (κ2) is 6.95. The molecule has 0 amide bonds. The first-order valence-electron chi connectivity index (χ1n) is 7.90. The van der Waals surface area contributed by atoms with Gasteiger partial charge in [0.1, 0.15) is 5.75 Å². The fraction of sp³-hybridized carbons (Fsp3) is 0.368. The Balaban J connectivity index is 2.36. The van der Waals surface area contributed by atoms with Gasteiger partial charge in [-0.05, 0) is 74.6 Å². The molecule has 0 heterocycles. The van der Waals surface area contributed by atoms with Gasteiger partial charge in [0.15, 0.2) is 0 Å². The second-order valence-electron chi connectivity index (χ2n) is 6.28. The number of benzene rings is 2. The van der Waals surface area contributed by atoms with Crippen LogP contribution in [0.5, 0.6) is 5.75 Å². The van der Waals surface area contributed by atoms with Crippen LogP contribution < -0.4 is 9.46 Å². The maximum absolute atomic E-state index is 12.9. The minimum atomic E-state index is -3.62. The van der Waals surface area contributed by atoms with Gasteiger partial charge in [-0.3, -0.25) is 0 Å². The molecule has 0 saturated carbocycles. The van der Waals surface area contributed by atoms with E-state index in [-0.39, 0.29) is 6.04 Å². The van der Waals surface area contributed by atoms with E-state index in [4.69, 9.17) is 4.74 Å². The minimum absolute atomic E-state index is 0.310. The highest BCUT2D eigenvalue weighted by atomic mass is 32.2. The molecule has 0 aliphatic rings. The lowest BCUT2D eigenvalue weighted by Crippen LogP contribution is -2.28. The number of nitrogens with one attached hydrogen (secondary N) is 1. The fourth-order valence-electron chi connectivity index (χ4n) is 2.85. The van der Waals surface area contributed by atoms with E-state index >= 15 is 0 Å². The molecule has 2 aromatic carbocycles. The highest BCUT2D eigenvalue weighted by Gasteiger charge is 2.23. The van der Waals surface area contributed by atoms with Gasteiger partial charge < -0.3 is 4.74 Å². The standard InChI is InChI=1S/C19H25NO3S/c1-12-7-8-17(9-13(12)2)16(5)20-24(21,22)19-14(3)10-18(23-6)11-15(19)4/h7-11,16,20H,1-6H3. The molecule has 2 rings (SSSR count). The predicted octanol–water partition coefficient (Wildman–Crippen LogP) is 3.97. The van der Waals surface area contributed by atoms with Crippen molar-refractivity contribution in [2.45, 2.75) is 45.6 Å². The first-order valence-corrected chi connectivity index (χ1v) is 9.38. The Kier molecular flexibility index (Phi) is 5.35. The molecule has 2 aromatic rings. The third-order valence-electron chi connectivity index (χ3n) is 4.30. The number of aryl methyl sites for hydroxylation is 4. The number of ether oxygens (including phenoxy) is 1. The van der Waals surface area contributed by atoms with Crippen LogP contribution >= 0.6 is 0 Å². The summed E-state index contributed by atoms with van der Waals surface area (Å²) < 4.78 is 33.7. The van der Waals surface area contributed by atoms with Crippen LogP contribution in [0.25, 0.3) is 0 Å². The van der Waals surface area contributed by atoms with Gasteiger partial charge in [0, 0.05) is 6.04 Å². The van der Waals surface area contributed by atoms with Gasteiger partial charge in [-0.15, -0.1) is 0 Å². The largest absolute Gasteiger partial charge is 0.497 e. The zero-order valence-corrected chi connectivity index (χ0v) is 15.9. The molecular weight excluding hydrogens is 322 g/mol. The summed E-state index contributed by atoms with van der Waals surface area (Å²) in [5.74, 6) is 0.658. The van der Waals surface area contributed by atoms with E-state index in [9.17, 15) is 8.42 Å². The van der Waals surface area contributed by atoms with Crippen LogP contribution in [0.4, 0.5) is 0 Å². The Labute approximate surface area is 144 Å². The molecular formula is C19H25NO3S. The minimum Gasteiger partial charge on any atom is -0.497 e. The van der Waals surface area contributed by atoms with E-state index in [1.165, 1.54) is 5.56 Å². The van der Waals surface area contributed by atoms with Crippen molar-refractivity contribution in [2.75, 3.05) is 7.11 Å². The Morgan fingerprint density at radius 1 is 0.917 bits per heavy atom. The number of rotatable bonds is 5. The van der Waals surface area contributed by atoms with Gasteiger partial charge in [-0.2, -0.15) is 0 Å². The van der Waals surface area contributed by atoms with E-state index in [1.807, 2.05) is 39.0 Å². The smallest absolute Gasteiger partial charge is 0.241 e. The quantitative estimate of drug-likeness (QED) is 0.890. The van der Waals surface area contributed by atoms with Crippen LogP contribution in [0.15, 0.2) is 35.2 Å². The summed E-state index contributed by atoms with van der Waals surface area (Å²) in [7, 11) is -2.05. The molecule has 0 fully saturated rings. The number of hydrogen-bond acceptors (Lipinski definition) is 3. The molecule has 1 N–H and O–H groups in total. The van der Waals surface area contributed by atoms with Crippen molar-refractivity contribution in [3.8, 4) is 5.75 Å². The van der Waals surface area contributed by atoms with E-state index < -0.39 is 10.0 Å². The topological polar surface area (TPSA) is 55.4 Å². The lowest BCUT2D eigenvalue weighted by atomic mass is 10.0. The SMILES string of the molecule is COc1cc(C)c(S(=O)(=O)NC(C)c2ccc(C)c(C)c2)c(C)c1. The van der Waals surface area contributed by atoms with Crippen molar-refractivity contribution in [1.82, 2.24) is 4.72 Å². The van der Waals surface area contributed by atoms with Crippen molar-refractivity contribution in [3.05, 3.63) is 58.1 Å². The Morgan fingerprint density at radius 2 is 1.50 bits per heavy atom. The number of sulfonamides is 1. The van der Waals surface area contributed by atoms with E-state index in [0.29, 0.717) is 21.8 Å². The zero-order valence-electron chi connectivity index (χ0n) is 15.1. The average Bonchev–Trinajstić information content (AvgIpc) is 2.48. The predicted molar refractivity (Wildman–Crippen MR) is 97.1 cm³/mol. The number of hydrogen-bond donors (Lipinski definition) is 1. The normalized spacial score (nSPS) is 12.9. The lowest BCUT2D eigenvalue weighted by molar-refractivity contribution is 0.413. The van der Waals surface area contributed by atoms with Crippen LogP contribution in [0, 0.1) is 27.7 Å². The Hall–Kier alpha value is -1.85. The molecule has 5 heteroatoms. The van der Waals surface area contributed by atoms with Gasteiger partial charge >= 0.3 is 0 Å². The van der Waals surface area contributed by atoms with Crippen LogP contribution in [0.3, 0.4) is 0 Å². The molecule has 1 unspecified atom stereocenters. The van der Waals surface area contributed by atoms with Crippen molar-refractivity contribution in [1.29, 1.82) is 0 Å². The van der Waals surface area contributed by atoms with Crippen LogP contribution in [-0.4, -0.2) is 15.5 Å². The highest BCUT2D eigenvalue weighted by Crippen LogP contribution is 2.27. The molecule has 0 saturated heterocycles. The summed E-state index contributed by atoms with van der Waals surface area (Å²) in [6.45, 7) is 9.49. The summed E-state index contributed by atoms with van der Waals surface area (Å²) in [4.78, 5) is 0.319. The molecule has 4 nitrogen and oxygen atoms in total. The van der Waals surface area contributed by atoms with Crippen LogP contribution in [-0.2, 0) is 10.0 Å². The molecule has 0 aliphatic heterocycles. The summed E-state index contributed by atoms with van der Waals surface area (Å²) in [6.07, 6.45) is 0. The molecule has 0 aromatic heterocycles. The lowest BCUT2D eigenvalue weighted by Gasteiger charge is -2.18. The molecule has 0 spiro atoms. The van der Waals surface area contributed by atoms with Gasteiger partial charge in [-0.25, -0.2) is 13.1 Å². The molecule has 0 radical (unpaired) electrons. The molecule has 24 heavy (non-hydrogen) atoms. The van der Waals surface area contributed by atoms with Crippen LogP contribution in [0.1, 0.15) is 40.8 Å². The van der Waals surface area contributed by atoms with Crippen molar-refractivity contribution < 1.29 is 13.2 Å². The van der Waals surface area contributed by atoms with Gasteiger partial charge in [-0.1, -0.05) is 18.2 Å². The van der Waals surface area contributed by atoms with Crippen LogP contribution in [0.2, 0.25) is 0 Å². The maximum atomic E-state index is 12.9. The maximum Gasteiger partial charge on any atom is 0.241 e. The average molecular weight is 347 g/mol. The summed E-state index contributed by atoms with van der Waals surface area (Å²) in [5, 5.41) is 0. The number of methoxy groups -OCH3 is 1. The molecule has 0 aliphatic carbocycles.